The van der Waals surface area contributed by atoms with Gasteiger partial charge in [-0.3, -0.25) is 4.79 Å². The van der Waals surface area contributed by atoms with Crippen LogP contribution >= 0.6 is 11.6 Å². The van der Waals surface area contributed by atoms with Crippen LogP contribution in [-0.4, -0.2) is 62.8 Å². The highest BCUT2D eigenvalue weighted by molar-refractivity contribution is 7.88. The number of hydrogen-bond donors (Lipinski definition) is 0. The number of rotatable bonds is 5. The topological polar surface area (TPSA) is 60.9 Å². The summed E-state index contributed by atoms with van der Waals surface area (Å²) in [6.07, 6.45) is 1.13. The monoisotopic (exact) mass is 489 g/mol. The van der Waals surface area contributed by atoms with E-state index in [-0.39, 0.29) is 17.6 Å². The van der Waals surface area contributed by atoms with Gasteiger partial charge in [0, 0.05) is 55.9 Å². The molecule has 1 amide bonds. The molecule has 0 aromatic heterocycles. The van der Waals surface area contributed by atoms with E-state index in [0.29, 0.717) is 49.6 Å². The van der Waals surface area contributed by atoms with Crippen molar-refractivity contribution in [3.05, 3.63) is 64.2 Å². The Morgan fingerprint density at radius 3 is 2.27 bits per heavy atom. The summed E-state index contributed by atoms with van der Waals surface area (Å²) >= 11 is 6.15. The first-order chi connectivity index (χ1) is 15.8. The van der Waals surface area contributed by atoms with E-state index < -0.39 is 10.0 Å². The lowest BCUT2D eigenvalue weighted by molar-refractivity contribution is -0.137. The first-order valence-corrected chi connectivity index (χ1v) is 13.6. The van der Waals surface area contributed by atoms with Crippen molar-refractivity contribution in [2.24, 2.45) is 5.92 Å². The average Bonchev–Trinajstić information content (AvgIpc) is 2.82. The lowest BCUT2D eigenvalue weighted by atomic mass is 9.96. The maximum absolute atomic E-state index is 13.1. The van der Waals surface area contributed by atoms with Crippen molar-refractivity contribution in [1.29, 1.82) is 0 Å². The second-order valence-corrected chi connectivity index (χ2v) is 11.4. The van der Waals surface area contributed by atoms with Crippen LogP contribution in [0.25, 0.3) is 0 Å². The SMILES string of the molecule is Cc1cccc(N2CCN(C(=O)C3CCN(S(=O)(=O)Cc4ccccc4Cl)CC3)CC2)c1C. The van der Waals surface area contributed by atoms with Crippen LogP contribution in [0.5, 0.6) is 0 Å². The zero-order valence-electron chi connectivity index (χ0n) is 19.3. The van der Waals surface area contributed by atoms with E-state index in [1.165, 1.54) is 21.1 Å². The number of sulfonamides is 1. The predicted octanol–water partition coefficient (Wildman–Crippen LogP) is 3.85. The number of anilines is 1. The third-order valence-electron chi connectivity index (χ3n) is 7.00. The van der Waals surface area contributed by atoms with Crippen molar-refractivity contribution in [2.45, 2.75) is 32.4 Å². The average molecular weight is 490 g/mol. The van der Waals surface area contributed by atoms with E-state index in [1.807, 2.05) is 4.90 Å². The molecule has 2 fully saturated rings. The zero-order valence-corrected chi connectivity index (χ0v) is 20.9. The number of aryl methyl sites for hydroxylation is 1. The number of piperidine rings is 1. The fraction of sp³-hybridized carbons (Fsp3) is 0.480. The van der Waals surface area contributed by atoms with Crippen molar-refractivity contribution in [3.8, 4) is 0 Å². The van der Waals surface area contributed by atoms with E-state index >= 15 is 0 Å². The lowest BCUT2D eigenvalue weighted by Crippen LogP contribution is -2.52. The Morgan fingerprint density at radius 1 is 0.939 bits per heavy atom. The van der Waals surface area contributed by atoms with Gasteiger partial charge in [0.1, 0.15) is 0 Å². The molecule has 33 heavy (non-hydrogen) atoms. The minimum atomic E-state index is -3.46. The van der Waals surface area contributed by atoms with Gasteiger partial charge >= 0.3 is 0 Å². The number of carbonyl (C=O) groups is 1. The molecular weight excluding hydrogens is 458 g/mol. The van der Waals surface area contributed by atoms with Crippen LogP contribution in [-0.2, 0) is 20.6 Å². The Kier molecular flexibility index (Phi) is 7.31. The molecule has 0 atom stereocenters. The zero-order chi connectivity index (χ0) is 23.6. The third-order valence-corrected chi connectivity index (χ3v) is 9.20. The molecule has 0 aliphatic carbocycles. The first kappa shape index (κ1) is 24.0. The number of nitrogens with zero attached hydrogens (tertiary/aromatic N) is 3. The number of hydrogen-bond acceptors (Lipinski definition) is 4. The van der Waals surface area contributed by atoms with E-state index in [0.717, 1.165) is 13.1 Å². The molecule has 0 unspecified atom stereocenters. The summed E-state index contributed by atoms with van der Waals surface area (Å²) < 4.78 is 27.3. The number of amides is 1. The van der Waals surface area contributed by atoms with Crippen molar-refractivity contribution in [1.82, 2.24) is 9.21 Å². The molecule has 4 rings (SSSR count). The molecule has 0 bridgehead atoms. The molecule has 2 aliphatic heterocycles. The molecule has 2 heterocycles. The highest BCUT2D eigenvalue weighted by atomic mass is 35.5. The highest BCUT2D eigenvalue weighted by Gasteiger charge is 2.34. The standard InChI is InChI=1S/C25H32ClN3O3S/c1-19-6-5-9-24(20(19)2)27-14-16-28(17-15-27)25(30)21-10-12-29(13-11-21)33(31,32)18-22-7-3-4-8-23(22)26/h3-9,21H,10-18H2,1-2H3. The third kappa shape index (κ3) is 5.36. The summed E-state index contributed by atoms with van der Waals surface area (Å²) in [5.74, 6) is -0.0474. The summed E-state index contributed by atoms with van der Waals surface area (Å²) in [7, 11) is -3.46. The van der Waals surface area contributed by atoms with E-state index in [2.05, 4.69) is 36.9 Å². The van der Waals surface area contributed by atoms with Gasteiger partial charge in [-0.2, -0.15) is 0 Å². The van der Waals surface area contributed by atoms with Gasteiger partial charge < -0.3 is 9.80 Å². The van der Waals surface area contributed by atoms with Crippen molar-refractivity contribution >= 4 is 33.2 Å². The quantitative estimate of drug-likeness (QED) is 0.640. The normalized spacial score (nSPS) is 18.5. The molecule has 8 heteroatoms. The van der Waals surface area contributed by atoms with Crippen LogP contribution in [0, 0.1) is 19.8 Å². The summed E-state index contributed by atoms with van der Waals surface area (Å²) in [6, 6.07) is 13.4. The molecule has 2 aromatic carbocycles. The first-order valence-electron chi connectivity index (χ1n) is 11.6. The van der Waals surface area contributed by atoms with E-state index in [4.69, 9.17) is 11.6 Å². The molecule has 0 spiro atoms. The number of halogens is 1. The molecular formula is C25H32ClN3O3S. The number of benzene rings is 2. The Balaban J connectivity index is 1.30. The molecule has 0 N–H and O–H groups in total. The Labute approximate surface area is 202 Å². The van der Waals surface area contributed by atoms with Gasteiger partial charge in [0.15, 0.2) is 0 Å². The second kappa shape index (κ2) is 10.0. The molecule has 178 valence electrons. The summed E-state index contributed by atoms with van der Waals surface area (Å²) in [6.45, 7) is 8.09. The van der Waals surface area contributed by atoms with Gasteiger partial charge in [-0.1, -0.05) is 41.9 Å². The Morgan fingerprint density at radius 2 is 1.61 bits per heavy atom. The van der Waals surface area contributed by atoms with Crippen LogP contribution < -0.4 is 4.90 Å². The molecule has 2 saturated heterocycles. The van der Waals surface area contributed by atoms with Crippen molar-refractivity contribution < 1.29 is 13.2 Å². The van der Waals surface area contributed by atoms with Crippen LogP contribution in [0.2, 0.25) is 5.02 Å². The molecule has 2 aliphatic rings. The van der Waals surface area contributed by atoms with Gasteiger partial charge in [-0.25, -0.2) is 12.7 Å². The number of carbonyl (C=O) groups excluding carboxylic acids is 1. The van der Waals surface area contributed by atoms with Crippen molar-refractivity contribution in [3.63, 3.8) is 0 Å². The van der Waals surface area contributed by atoms with Crippen molar-refractivity contribution in [2.75, 3.05) is 44.2 Å². The van der Waals surface area contributed by atoms with Crippen LogP contribution in [0.3, 0.4) is 0 Å². The van der Waals surface area contributed by atoms with Crippen LogP contribution in [0.15, 0.2) is 42.5 Å². The predicted molar refractivity (Wildman–Crippen MR) is 133 cm³/mol. The largest absolute Gasteiger partial charge is 0.368 e. The van der Waals surface area contributed by atoms with Crippen LogP contribution in [0.4, 0.5) is 5.69 Å². The second-order valence-electron chi connectivity index (χ2n) is 9.05. The number of piperazine rings is 1. The van der Waals surface area contributed by atoms with Gasteiger partial charge in [0.2, 0.25) is 15.9 Å². The Bertz CT molecular complexity index is 1110. The van der Waals surface area contributed by atoms with Crippen LogP contribution in [0.1, 0.15) is 29.5 Å². The lowest BCUT2D eigenvalue weighted by Gasteiger charge is -2.39. The highest BCUT2D eigenvalue weighted by Crippen LogP contribution is 2.27. The summed E-state index contributed by atoms with van der Waals surface area (Å²) in [5, 5.41) is 0.464. The molecule has 2 aromatic rings. The molecule has 6 nitrogen and oxygen atoms in total. The van der Waals surface area contributed by atoms with Gasteiger partial charge in [0.25, 0.3) is 0 Å². The summed E-state index contributed by atoms with van der Waals surface area (Å²) in [4.78, 5) is 17.4. The molecule has 0 radical (unpaired) electrons. The maximum Gasteiger partial charge on any atom is 0.225 e. The minimum absolute atomic E-state index is 0.106. The fourth-order valence-corrected chi connectivity index (χ4v) is 6.66. The smallest absolute Gasteiger partial charge is 0.225 e. The minimum Gasteiger partial charge on any atom is -0.368 e. The van der Waals surface area contributed by atoms with Gasteiger partial charge in [-0.15, -0.1) is 0 Å². The van der Waals surface area contributed by atoms with Gasteiger partial charge in [0.05, 0.1) is 5.75 Å². The maximum atomic E-state index is 13.1. The molecule has 0 saturated carbocycles. The van der Waals surface area contributed by atoms with Gasteiger partial charge in [-0.05, 0) is 55.5 Å². The van der Waals surface area contributed by atoms with E-state index in [1.54, 1.807) is 24.3 Å². The van der Waals surface area contributed by atoms with E-state index in [9.17, 15) is 13.2 Å². The Hall–Kier alpha value is -2.09. The fourth-order valence-electron chi connectivity index (χ4n) is 4.79. The summed E-state index contributed by atoms with van der Waals surface area (Å²) in [5.41, 5.74) is 4.43.